The number of carbonyl (C=O) groups excluding carboxylic acids is 2. The van der Waals surface area contributed by atoms with E-state index in [9.17, 15) is 9.59 Å². The molecule has 152 valence electrons. The standard InChI is InChI=1S/C26H24O4/c1-19-3-7-21(8-4-19)11-17-26(28)30-24-15-9-22(10-16-24)12-18-25(27)29-23-13-5-20(2)6-14-23/h3-11,13-17H,12,18H2,1-2H3/b17-11+. The van der Waals surface area contributed by atoms with Gasteiger partial charge in [-0.15, -0.1) is 0 Å². The van der Waals surface area contributed by atoms with Crippen molar-refractivity contribution < 1.29 is 19.1 Å². The number of hydrogen-bond donors (Lipinski definition) is 0. The molecule has 0 spiro atoms. The summed E-state index contributed by atoms with van der Waals surface area (Å²) >= 11 is 0. The first kappa shape index (κ1) is 21.1. The Morgan fingerprint density at radius 2 is 1.27 bits per heavy atom. The molecule has 0 bridgehead atoms. The number of esters is 2. The minimum absolute atomic E-state index is 0.270. The molecule has 0 aromatic heterocycles. The van der Waals surface area contributed by atoms with Crippen molar-refractivity contribution in [1.82, 2.24) is 0 Å². The number of carbonyl (C=O) groups is 2. The van der Waals surface area contributed by atoms with Crippen molar-refractivity contribution in [3.8, 4) is 11.5 Å². The number of ether oxygens (including phenoxy) is 2. The predicted molar refractivity (Wildman–Crippen MR) is 117 cm³/mol. The van der Waals surface area contributed by atoms with Crippen LogP contribution in [0.25, 0.3) is 6.08 Å². The lowest BCUT2D eigenvalue weighted by Crippen LogP contribution is -2.09. The van der Waals surface area contributed by atoms with E-state index in [0.29, 0.717) is 17.9 Å². The molecular weight excluding hydrogens is 376 g/mol. The van der Waals surface area contributed by atoms with Crippen LogP contribution in [-0.4, -0.2) is 11.9 Å². The van der Waals surface area contributed by atoms with E-state index in [0.717, 1.165) is 16.7 Å². The molecule has 4 heteroatoms. The van der Waals surface area contributed by atoms with Crippen LogP contribution in [0.4, 0.5) is 0 Å². The van der Waals surface area contributed by atoms with Crippen molar-refractivity contribution in [3.05, 3.63) is 101 Å². The summed E-state index contributed by atoms with van der Waals surface area (Å²) in [6.45, 7) is 3.99. The Labute approximate surface area is 176 Å². The smallest absolute Gasteiger partial charge is 0.336 e. The molecule has 0 aliphatic rings. The molecule has 0 aliphatic heterocycles. The average Bonchev–Trinajstić information content (AvgIpc) is 2.74. The van der Waals surface area contributed by atoms with Crippen LogP contribution in [0.3, 0.4) is 0 Å². The SMILES string of the molecule is Cc1ccc(/C=C/C(=O)Oc2ccc(CCC(=O)Oc3ccc(C)cc3)cc2)cc1. The molecule has 3 rings (SSSR count). The Kier molecular flexibility index (Phi) is 7.17. The molecule has 0 atom stereocenters. The molecule has 0 amide bonds. The van der Waals surface area contributed by atoms with Gasteiger partial charge < -0.3 is 9.47 Å². The van der Waals surface area contributed by atoms with Crippen molar-refractivity contribution in [2.24, 2.45) is 0 Å². The van der Waals surface area contributed by atoms with E-state index >= 15 is 0 Å². The third kappa shape index (κ3) is 6.74. The van der Waals surface area contributed by atoms with Gasteiger partial charge >= 0.3 is 11.9 Å². The first-order chi connectivity index (χ1) is 14.5. The summed E-state index contributed by atoms with van der Waals surface area (Å²) in [5.74, 6) is 0.284. The summed E-state index contributed by atoms with van der Waals surface area (Å²) in [6, 6.07) is 22.3. The van der Waals surface area contributed by atoms with Crippen molar-refractivity contribution in [2.45, 2.75) is 26.7 Å². The van der Waals surface area contributed by atoms with Crippen LogP contribution in [0.2, 0.25) is 0 Å². The normalized spacial score (nSPS) is 10.7. The van der Waals surface area contributed by atoms with Crippen molar-refractivity contribution in [2.75, 3.05) is 0 Å². The highest BCUT2D eigenvalue weighted by molar-refractivity contribution is 5.88. The molecule has 0 saturated heterocycles. The Morgan fingerprint density at radius 1 is 0.733 bits per heavy atom. The second-order valence-electron chi connectivity index (χ2n) is 7.10. The number of rotatable bonds is 7. The van der Waals surface area contributed by atoms with Crippen LogP contribution in [-0.2, 0) is 16.0 Å². The van der Waals surface area contributed by atoms with Gasteiger partial charge in [-0.2, -0.15) is 0 Å². The molecule has 0 aliphatic carbocycles. The van der Waals surface area contributed by atoms with E-state index in [-0.39, 0.29) is 12.4 Å². The van der Waals surface area contributed by atoms with Crippen LogP contribution in [0.15, 0.2) is 78.9 Å². The third-order valence-corrected chi connectivity index (χ3v) is 4.50. The van der Waals surface area contributed by atoms with Gasteiger partial charge in [0.2, 0.25) is 0 Å². The molecule has 30 heavy (non-hydrogen) atoms. The molecule has 3 aromatic carbocycles. The lowest BCUT2D eigenvalue weighted by Gasteiger charge is -2.06. The molecule has 0 fully saturated rings. The fourth-order valence-electron chi connectivity index (χ4n) is 2.75. The van der Waals surface area contributed by atoms with Crippen molar-refractivity contribution in [3.63, 3.8) is 0 Å². The fourth-order valence-corrected chi connectivity index (χ4v) is 2.75. The Hall–Kier alpha value is -3.66. The molecule has 0 N–H and O–H groups in total. The highest BCUT2D eigenvalue weighted by atomic mass is 16.5. The van der Waals surface area contributed by atoms with E-state index in [2.05, 4.69) is 0 Å². The van der Waals surface area contributed by atoms with Crippen LogP contribution in [0, 0.1) is 13.8 Å². The Morgan fingerprint density at radius 3 is 1.90 bits per heavy atom. The number of hydrogen-bond acceptors (Lipinski definition) is 4. The van der Waals surface area contributed by atoms with Gasteiger partial charge in [0.1, 0.15) is 11.5 Å². The van der Waals surface area contributed by atoms with Gasteiger partial charge in [0.15, 0.2) is 0 Å². The summed E-state index contributed by atoms with van der Waals surface area (Å²) in [7, 11) is 0. The van der Waals surface area contributed by atoms with E-state index in [1.54, 1.807) is 30.3 Å². The highest BCUT2D eigenvalue weighted by Gasteiger charge is 2.06. The molecule has 0 heterocycles. The largest absolute Gasteiger partial charge is 0.427 e. The van der Waals surface area contributed by atoms with Gasteiger partial charge in [-0.25, -0.2) is 4.79 Å². The first-order valence-electron chi connectivity index (χ1n) is 9.81. The van der Waals surface area contributed by atoms with Gasteiger partial charge in [0.25, 0.3) is 0 Å². The van der Waals surface area contributed by atoms with E-state index in [1.165, 1.54) is 11.6 Å². The molecular formula is C26H24O4. The molecule has 4 nitrogen and oxygen atoms in total. The Bertz CT molecular complexity index is 1010. The van der Waals surface area contributed by atoms with Crippen LogP contribution in [0.5, 0.6) is 11.5 Å². The van der Waals surface area contributed by atoms with E-state index in [4.69, 9.17) is 9.47 Å². The summed E-state index contributed by atoms with van der Waals surface area (Å²) in [4.78, 5) is 24.0. The monoisotopic (exact) mass is 400 g/mol. The van der Waals surface area contributed by atoms with Gasteiger partial charge in [-0.1, -0.05) is 59.7 Å². The summed E-state index contributed by atoms with van der Waals surface area (Å²) in [5, 5.41) is 0. The third-order valence-electron chi connectivity index (χ3n) is 4.50. The number of aryl methyl sites for hydroxylation is 3. The maximum Gasteiger partial charge on any atom is 0.336 e. The van der Waals surface area contributed by atoms with Crippen LogP contribution >= 0.6 is 0 Å². The van der Waals surface area contributed by atoms with Crippen LogP contribution in [0.1, 0.15) is 28.7 Å². The second kappa shape index (κ2) is 10.2. The molecule has 0 unspecified atom stereocenters. The zero-order chi connectivity index (χ0) is 21.3. The minimum atomic E-state index is -0.440. The fraction of sp³-hybridized carbons (Fsp3) is 0.154. The molecule has 0 radical (unpaired) electrons. The van der Waals surface area contributed by atoms with Crippen LogP contribution < -0.4 is 9.47 Å². The minimum Gasteiger partial charge on any atom is -0.427 e. The van der Waals surface area contributed by atoms with Crippen molar-refractivity contribution >= 4 is 18.0 Å². The van der Waals surface area contributed by atoms with Gasteiger partial charge in [0.05, 0.1) is 0 Å². The van der Waals surface area contributed by atoms with Gasteiger partial charge in [0, 0.05) is 12.5 Å². The lowest BCUT2D eigenvalue weighted by molar-refractivity contribution is -0.134. The lowest BCUT2D eigenvalue weighted by atomic mass is 10.1. The zero-order valence-corrected chi connectivity index (χ0v) is 17.1. The average molecular weight is 400 g/mol. The summed E-state index contributed by atoms with van der Waals surface area (Å²) in [6.07, 6.45) is 3.94. The summed E-state index contributed by atoms with van der Waals surface area (Å²) < 4.78 is 10.6. The van der Waals surface area contributed by atoms with E-state index < -0.39 is 5.97 Å². The molecule has 0 saturated carbocycles. The zero-order valence-electron chi connectivity index (χ0n) is 17.1. The van der Waals surface area contributed by atoms with Crippen molar-refractivity contribution in [1.29, 1.82) is 0 Å². The quantitative estimate of drug-likeness (QED) is 0.300. The maximum atomic E-state index is 12.0. The summed E-state index contributed by atoms with van der Waals surface area (Å²) in [5.41, 5.74) is 4.18. The van der Waals surface area contributed by atoms with Gasteiger partial charge in [-0.3, -0.25) is 4.79 Å². The second-order valence-corrected chi connectivity index (χ2v) is 7.10. The first-order valence-corrected chi connectivity index (χ1v) is 9.81. The molecule has 3 aromatic rings. The predicted octanol–water partition coefficient (Wildman–Crippen LogP) is 5.46. The Balaban J connectivity index is 1.46. The van der Waals surface area contributed by atoms with Gasteiger partial charge in [-0.05, 0) is 61.7 Å². The highest BCUT2D eigenvalue weighted by Crippen LogP contribution is 2.16. The topological polar surface area (TPSA) is 52.6 Å². The number of benzene rings is 3. The van der Waals surface area contributed by atoms with E-state index in [1.807, 2.05) is 62.4 Å². The maximum absolute atomic E-state index is 12.0.